The molecule has 10 heteroatoms. The molecule has 0 N–H and O–H groups in total. The zero-order valence-electron chi connectivity index (χ0n) is 55.8. The van der Waals surface area contributed by atoms with Crippen LogP contribution in [0.5, 0.6) is 0 Å². The quantitative estimate of drug-likeness (QED) is 0.0195. The topological polar surface area (TPSA) is 111 Å². The molecule has 0 aliphatic carbocycles. The van der Waals surface area contributed by atoms with Crippen molar-refractivity contribution in [3.63, 3.8) is 0 Å². The Labute approximate surface area is 538 Å². The SMILES string of the molecule is CC/C=C\C/C=C\C/C=C\C/C=C\C/C=C\C/C=C\C/C=C\C/C=C\C/C=C\C/C=C\C/C=C\CCCCCC(=O)OC(COC(=O)CCCCCCCCCC/C=C\C/C=C\C/C=C\C/C=C\C/C=C\C/C=C\CC)COP(=O)([O-])OCC[N+](C)(C)C. The van der Waals surface area contributed by atoms with E-state index in [2.05, 4.69) is 220 Å². The third-order valence-electron chi connectivity index (χ3n) is 13.3. The molecule has 0 radical (unpaired) electrons. The molecule has 2 unspecified atom stereocenters. The standard InChI is InChI=1S/C78H122NO8P/c1-6-8-10-12-14-16-18-20-22-24-26-28-30-32-34-35-36-37-38-39-40-41-42-43-45-47-49-51-53-55-57-59-61-63-65-67-69-71-78(81)87-76(75-86-88(82,83)85-73-72-79(3,4)5)74-84-77(80)70-68-66-64-62-60-58-56-54-52-50-48-46-44-33-31-29-27-25-23-21-19-17-15-13-11-9-7-2/h8-11,14-17,20-23,26-29,32-34,36-37,39-40,42-44,47-50,53,55,59,61,76H,6-7,12-13,18-19,24-25,30-31,35,38,41,45-46,51-52,54,56-58,60,62-75H2,1-5H3/b10-8-,11-9-,16-14-,17-15-,22-20-,23-21-,28-26-,29-27-,34-32-,37-36-,40-39-,43-42-,44-33-,49-47-,50-48-,55-53-,61-59-. The van der Waals surface area contributed by atoms with Crippen molar-refractivity contribution < 1.29 is 42.1 Å². The number of quaternary nitrogens is 1. The lowest BCUT2D eigenvalue weighted by molar-refractivity contribution is -0.870. The number of rotatable bonds is 59. The van der Waals surface area contributed by atoms with Crippen molar-refractivity contribution in [1.82, 2.24) is 0 Å². The summed E-state index contributed by atoms with van der Waals surface area (Å²) in [5, 5.41) is 0. The molecule has 0 saturated heterocycles. The van der Waals surface area contributed by atoms with Gasteiger partial charge in [0.2, 0.25) is 0 Å². The summed E-state index contributed by atoms with van der Waals surface area (Å²) >= 11 is 0. The number of hydrogen-bond donors (Lipinski definition) is 0. The average molecular weight is 1230 g/mol. The van der Waals surface area contributed by atoms with Gasteiger partial charge >= 0.3 is 11.9 Å². The summed E-state index contributed by atoms with van der Waals surface area (Å²) in [4.78, 5) is 38.0. The number of unbranched alkanes of at least 4 members (excludes halogenated alkanes) is 11. The fraction of sp³-hybridized carbons (Fsp3) is 0.538. The molecule has 0 aliphatic heterocycles. The number of carbonyl (C=O) groups is 2. The highest BCUT2D eigenvalue weighted by Gasteiger charge is 2.22. The molecule has 492 valence electrons. The van der Waals surface area contributed by atoms with Crippen molar-refractivity contribution >= 4 is 19.8 Å². The van der Waals surface area contributed by atoms with Gasteiger partial charge in [0, 0.05) is 12.8 Å². The Hall–Kier alpha value is -5.41. The number of likely N-dealkylation sites (N-methyl/N-ethyl adjacent to an activating group) is 1. The van der Waals surface area contributed by atoms with E-state index in [-0.39, 0.29) is 26.1 Å². The summed E-state index contributed by atoms with van der Waals surface area (Å²) in [6, 6.07) is 0. The van der Waals surface area contributed by atoms with Crippen molar-refractivity contribution in [2.45, 2.75) is 225 Å². The summed E-state index contributed by atoms with van der Waals surface area (Å²) in [6.07, 6.45) is 105. The maximum absolute atomic E-state index is 12.8. The van der Waals surface area contributed by atoms with Crippen LogP contribution in [0.1, 0.15) is 219 Å². The van der Waals surface area contributed by atoms with Gasteiger partial charge in [0.25, 0.3) is 7.82 Å². The summed E-state index contributed by atoms with van der Waals surface area (Å²) in [7, 11) is 1.10. The lowest BCUT2D eigenvalue weighted by Gasteiger charge is -2.28. The second-order valence-electron chi connectivity index (χ2n) is 22.7. The molecule has 9 nitrogen and oxygen atoms in total. The monoisotopic (exact) mass is 1230 g/mol. The highest BCUT2D eigenvalue weighted by Crippen LogP contribution is 2.38. The maximum Gasteiger partial charge on any atom is 0.306 e. The molecule has 0 saturated carbocycles. The van der Waals surface area contributed by atoms with Crippen molar-refractivity contribution in [3.8, 4) is 0 Å². The molecule has 2 atom stereocenters. The normalized spacial score (nSPS) is 14.5. The number of esters is 2. The fourth-order valence-corrected chi connectivity index (χ4v) is 8.92. The first-order chi connectivity index (χ1) is 43.0. The van der Waals surface area contributed by atoms with Crippen LogP contribution >= 0.6 is 7.82 Å². The lowest BCUT2D eigenvalue weighted by Crippen LogP contribution is -2.37. The Morgan fingerprint density at radius 1 is 0.352 bits per heavy atom. The predicted molar refractivity (Wildman–Crippen MR) is 378 cm³/mol. The van der Waals surface area contributed by atoms with Gasteiger partial charge in [-0.1, -0.05) is 265 Å². The number of nitrogens with zero attached hydrogens (tertiary/aromatic N) is 1. The van der Waals surface area contributed by atoms with Gasteiger partial charge < -0.3 is 27.9 Å². The number of allylic oxidation sites excluding steroid dienone is 34. The van der Waals surface area contributed by atoms with Crippen LogP contribution in [0.4, 0.5) is 0 Å². The van der Waals surface area contributed by atoms with Crippen molar-refractivity contribution in [1.29, 1.82) is 0 Å². The number of hydrogen-bond acceptors (Lipinski definition) is 8. The summed E-state index contributed by atoms with van der Waals surface area (Å²) in [6.45, 7) is 3.93. The lowest BCUT2D eigenvalue weighted by atomic mass is 10.1. The van der Waals surface area contributed by atoms with Crippen LogP contribution in [0.2, 0.25) is 0 Å². The molecule has 0 aromatic heterocycles. The zero-order chi connectivity index (χ0) is 64.1. The molecule has 0 aliphatic rings. The van der Waals surface area contributed by atoms with Gasteiger partial charge in [-0.3, -0.25) is 14.2 Å². The highest BCUT2D eigenvalue weighted by atomic mass is 31.2. The third kappa shape index (κ3) is 69.7. The molecule has 0 spiro atoms. The van der Waals surface area contributed by atoms with Crippen LogP contribution in [-0.2, 0) is 32.7 Å². The van der Waals surface area contributed by atoms with E-state index >= 15 is 0 Å². The largest absolute Gasteiger partial charge is 0.756 e. The first-order valence-electron chi connectivity index (χ1n) is 33.8. The minimum atomic E-state index is -4.67. The molecular weight excluding hydrogens is 1110 g/mol. The molecule has 0 rings (SSSR count). The van der Waals surface area contributed by atoms with E-state index in [1.165, 1.54) is 25.7 Å². The van der Waals surface area contributed by atoms with E-state index in [1.54, 1.807) is 0 Å². The second-order valence-corrected chi connectivity index (χ2v) is 24.1. The summed E-state index contributed by atoms with van der Waals surface area (Å²) in [5.74, 6) is -0.899. The van der Waals surface area contributed by atoms with E-state index in [4.69, 9.17) is 18.5 Å². The zero-order valence-corrected chi connectivity index (χ0v) is 56.7. The first-order valence-corrected chi connectivity index (χ1v) is 35.3. The summed E-state index contributed by atoms with van der Waals surface area (Å²) < 4.78 is 34.2. The van der Waals surface area contributed by atoms with Crippen molar-refractivity contribution in [3.05, 3.63) is 207 Å². The van der Waals surface area contributed by atoms with Crippen LogP contribution < -0.4 is 4.89 Å². The molecular formula is C78H122NO8P. The van der Waals surface area contributed by atoms with Gasteiger partial charge in [0.15, 0.2) is 6.10 Å². The van der Waals surface area contributed by atoms with Crippen LogP contribution in [0.25, 0.3) is 0 Å². The van der Waals surface area contributed by atoms with E-state index in [1.807, 2.05) is 21.1 Å². The molecule has 0 heterocycles. The number of ether oxygens (including phenoxy) is 2. The van der Waals surface area contributed by atoms with Gasteiger partial charge in [-0.25, -0.2) is 0 Å². The van der Waals surface area contributed by atoms with Gasteiger partial charge in [0.1, 0.15) is 19.8 Å². The van der Waals surface area contributed by atoms with Crippen molar-refractivity contribution in [2.75, 3.05) is 47.5 Å². The van der Waals surface area contributed by atoms with E-state index in [9.17, 15) is 19.0 Å². The van der Waals surface area contributed by atoms with Crippen LogP contribution in [-0.4, -0.2) is 70.0 Å². The van der Waals surface area contributed by atoms with Gasteiger partial charge in [0.05, 0.1) is 27.7 Å². The van der Waals surface area contributed by atoms with E-state index in [0.29, 0.717) is 23.9 Å². The van der Waals surface area contributed by atoms with Gasteiger partial charge in [-0.2, -0.15) is 0 Å². The van der Waals surface area contributed by atoms with E-state index in [0.717, 1.165) is 154 Å². The molecule has 0 bridgehead atoms. The number of phosphoric acid groups is 1. The van der Waals surface area contributed by atoms with Crippen LogP contribution in [0.3, 0.4) is 0 Å². The smallest absolute Gasteiger partial charge is 0.306 e. The molecule has 0 amide bonds. The summed E-state index contributed by atoms with van der Waals surface area (Å²) in [5.41, 5.74) is 0. The van der Waals surface area contributed by atoms with Crippen LogP contribution in [0, 0.1) is 0 Å². The molecule has 0 aromatic rings. The van der Waals surface area contributed by atoms with Gasteiger partial charge in [-0.05, 0) is 148 Å². The molecule has 0 fully saturated rings. The Kier molecular flexibility index (Phi) is 62.0. The third-order valence-corrected chi connectivity index (χ3v) is 14.3. The Bertz CT molecular complexity index is 2240. The molecule has 0 aromatic carbocycles. The minimum Gasteiger partial charge on any atom is -0.756 e. The first kappa shape index (κ1) is 82.6. The van der Waals surface area contributed by atoms with Crippen molar-refractivity contribution in [2.24, 2.45) is 0 Å². The second kappa shape index (κ2) is 66.0. The maximum atomic E-state index is 12.8. The predicted octanol–water partition coefficient (Wildman–Crippen LogP) is 21.6. The highest BCUT2D eigenvalue weighted by molar-refractivity contribution is 7.45. The molecule has 88 heavy (non-hydrogen) atoms. The Morgan fingerprint density at radius 3 is 0.920 bits per heavy atom. The van der Waals surface area contributed by atoms with E-state index < -0.39 is 32.5 Å². The van der Waals surface area contributed by atoms with Gasteiger partial charge in [-0.15, -0.1) is 0 Å². The number of carbonyl (C=O) groups excluding carboxylic acids is 2. The average Bonchev–Trinajstić information content (AvgIpc) is 3.68. The Morgan fingerprint density at radius 2 is 0.614 bits per heavy atom. The fourth-order valence-electron chi connectivity index (χ4n) is 8.19. The number of phosphoric ester groups is 1. The van der Waals surface area contributed by atoms with Crippen LogP contribution in [0.15, 0.2) is 207 Å². The minimum absolute atomic E-state index is 0.0515. The Balaban J connectivity index is 4.26.